The maximum atomic E-state index is 12.6. The van der Waals surface area contributed by atoms with Gasteiger partial charge in [-0.1, -0.05) is 0 Å². The normalized spacial score (nSPS) is 17.7. The van der Waals surface area contributed by atoms with Crippen LogP contribution in [0.2, 0.25) is 0 Å². The van der Waals surface area contributed by atoms with Gasteiger partial charge in [0.15, 0.2) is 0 Å². The van der Waals surface area contributed by atoms with E-state index < -0.39 is 0 Å². The van der Waals surface area contributed by atoms with E-state index in [1.165, 1.54) is 7.11 Å². The quantitative estimate of drug-likeness (QED) is 0.795. The molecule has 1 atom stereocenters. The summed E-state index contributed by atoms with van der Waals surface area (Å²) in [4.78, 5) is 27.8. The molecule has 5 nitrogen and oxygen atoms in total. The molecule has 0 aliphatic carbocycles. The maximum absolute atomic E-state index is 12.6. The summed E-state index contributed by atoms with van der Waals surface area (Å²) in [6.45, 7) is 0.704. The highest BCUT2D eigenvalue weighted by Crippen LogP contribution is 2.23. The molecule has 0 aromatic heterocycles. The van der Waals surface area contributed by atoms with E-state index in [-0.39, 0.29) is 24.3 Å². The monoisotopic (exact) mass is 290 g/mol. The fraction of sp³-hybridized carbons (Fsp3) is 0.500. The van der Waals surface area contributed by atoms with Crippen LogP contribution in [-0.4, -0.2) is 50.6 Å². The molecule has 5 heteroatoms. The number of benzene rings is 1. The molecule has 1 aliphatic heterocycles. The van der Waals surface area contributed by atoms with Crippen molar-refractivity contribution in [2.45, 2.75) is 25.3 Å². The Balaban J connectivity index is 2.09. The molecule has 2 rings (SSSR count). The van der Waals surface area contributed by atoms with E-state index in [0.29, 0.717) is 12.1 Å². The van der Waals surface area contributed by atoms with Crippen molar-refractivity contribution >= 4 is 17.6 Å². The Bertz CT molecular complexity index is 511. The van der Waals surface area contributed by atoms with Gasteiger partial charge in [-0.15, -0.1) is 0 Å². The van der Waals surface area contributed by atoms with Gasteiger partial charge in [0.05, 0.1) is 13.5 Å². The first-order valence-corrected chi connectivity index (χ1v) is 7.18. The first-order chi connectivity index (χ1) is 10.0. The summed E-state index contributed by atoms with van der Waals surface area (Å²) in [7, 11) is 5.30. The van der Waals surface area contributed by atoms with Crippen molar-refractivity contribution in [1.29, 1.82) is 0 Å². The first kappa shape index (κ1) is 15.4. The summed E-state index contributed by atoms with van der Waals surface area (Å²) in [5.41, 5.74) is 1.72. The van der Waals surface area contributed by atoms with Crippen LogP contribution < -0.4 is 4.90 Å². The standard InChI is InChI=1S/C16H22N2O3/c1-17(2)13-8-6-12(7-9-13)16(20)18-10-4-5-14(18)11-15(19)21-3/h6-9,14H,4-5,10-11H2,1-3H3. The van der Waals surface area contributed by atoms with Crippen molar-refractivity contribution in [3.05, 3.63) is 29.8 Å². The van der Waals surface area contributed by atoms with E-state index >= 15 is 0 Å². The topological polar surface area (TPSA) is 49.9 Å². The zero-order valence-corrected chi connectivity index (χ0v) is 12.8. The zero-order chi connectivity index (χ0) is 15.4. The summed E-state index contributed by atoms with van der Waals surface area (Å²) >= 11 is 0. The van der Waals surface area contributed by atoms with Gasteiger partial charge in [0.25, 0.3) is 5.91 Å². The van der Waals surface area contributed by atoms with E-state index in [9.17, 15) is 9.59 Å². The lowest BCUT2D eigenvalue weighted by atomic mass is 10.1. The fourth-order valence-electron chi connectivity index (χ4n) is 2.66. The molecule has 1 fully saturated rings. The van der Waals surface area contributed by atoms with E-state index in [4.69, 9.17) is 4.74 Å². The molecule has 1 aliphatic rings. The molecule has 0 N–H and O–H groups in total. The van der Waals surface area contributed by atoms with Crippen molar-refractivity contribution < 1.29 is 14.3 Å². The van der Waals surface area contributed by atoms with Crippen LogP contribution in [0.25, 0.3) is 0 Å². The van der Waals surface area contributed by atoms with Gasteiger partial charge in [-0.25, -0.2) is 0 Å². The Morgan fingerprint density at radius 3 is 2.52 bits per heavy atom. The smallest absolute Gasteiger partial charge is 0.307 e. The van der Waals surface area contributed by atoms with E-state index in [2.05, 4.69) is 0 Å². The molecule has 1 heterocycles. The summed E-state index contributed by atoms with van der Waals surface area (Å²) in [6.07, 6.45) is 2.07. The average Bonchev–Trinajstić information content (AvgIpc) is 2.94. The number of nitrogens with zero attached hydrogens (tertiary/aromatic N) is 2. The van der Waals surface area contributed by atoms with Crippen molar-refractivity contribution in [2.24, 2.45) is 0 Å². The average molecular weight is 290 g/mol. The Morgan fingerprint density at radius 2 is 1.95 bits per heavy atom. The fourth-order valence-corrected chi connectivity index (χ4v) is 2.66. The van der Waals surface area contributed by atoms with E-state index in [1.54, 1.807) is 4.90 Å². The van der Waals surface area contributed by atoms with E-state index in [0.717, 1.165) is 18.5 Å². The number of anilines is 1. The minimum atomic E-state index is -0.261. The molecule has 0 radical (unpaired) electrons. The highest BCUT2D eigenvalue weighted by molar-refractivity contribution is 5.95. The van der Waals surface area contributed by atoms with Crippen molar-refractivity contribution in [3.63, 3.8) is 0 Å². The van der Waals surface area contributed by atoms with Crippen LogP contribution in [0.1, 0.15) is 29.6 Å². The predicted octanol–water partition coefficient (Wildman–Crippen LogP) is 1.92. The van der Waals surface area contributed by atoms with Crippen LogP contribution in [0, 0.1) is 0 Å². The van der Waals surface area contributed by atoms with Gasteiger partial charge < -0.3 is 14.5 Å². The second kappa shape index (κ2) is 6.61. The van der Waals surface area contributed by atoms with Crippen molar-refractivity contribution in [2.75, 3.05) is 32.6 Å². The molecule has 1 amide bonds. The van der Waals surface area contributed by atoms with Crippen molar-refractivity contribution in [1.82, 2.24) is 4.90 Å². The number of amides is 1. The molecule has 114 valence electrons. The molecular formula is C16H22N2O3. The highest BCUT2D eigenvalue weighted by Gasteiger charge is 2.31. The number of hydrogen-bond acceptors (Lipinski definition) is 4. The number of likely N-dealkylation sites (tertiary alicyclic amines) is 1. The van der Waals surface area contributed by atoms with Gasteiger partial charge in [-0.2, -0.15) is 0 Å². The predicted molar refractivity (Wildman–Crippen MR) is 81.5 cm³/mol. The molecule has 21 heavy (non-hydrogen) atoms. The van der Waals surface area contributed by atoms with E-state index in [1.807, 2.05) is 43.3 Å². The lowest BCUT2D eigenvalue weighted by Crippen LogP contribution is -2.37. The van der Waals surface area contributed by atoms with Crippen LogP contribution >= 0.6 is 0 Å². The van der Waals surface area contributed by atoms with Gasteiger partial charge in [-0.3, -0.25) is 9.59 Å². The maximum Gasteiger partial charge on any atom is 0.307 e. The minimum Gasteiger partial charge on any atom is -0.469 e. The third-order valence-corrected chi connectivity index (χ3v) is 3.90. The molecule has 1 aromatic carbocycles. The Labute approximate surface area is 125 Å². The summed E-state index contributed by atoms with van der Waals surface area (Å²) in [6, 6.07) is 7.49. The first-order valence-electron chi connectivity index (χ1n) is 7.18. The molecule has 1 unspecified atom stereocenters. The van der Waals surface area contributed by atoms with Gasteiger partial charge in [-0.05, 0) is 37.1 Å². The van der Waals surface area contributed by atoms with Crippen LogP contribution in [0.3, 0.4) is 0 Å². The SMILES string of the molecule is COC(=O)CC1CCCN1C(=O)c1ccc(N(C)C)cc1. The summed E-state index contributed by atoms with van der Waals surface area (Å²) in [5, 5.41) is 0. The number of rotatable bonds is 4. The number of carbonyl (C=O) groups is 2. The largest absolute Gasteiger partial charge is 0.469 e. The van der Waals surface area contributed by atoms with Gasteiger partial charge in [0.2, 0.25) is 0 Å². The lowest BCUT2D eigenvalue weighted by Gasteiger charge is -2.24. The third-order valence-electron chi connectivity index (χ3n) is 3.90. The molecule has 0 spiro atoms. The molecule has 1 aromatic rings. The Kier molecular flexibility index (Phi) is 4.83. The second-order valence-electron chi connectivity index (χ2n) is 5.52. The number of hydrogen-bond donors (Lipinski definition) is 0. The molecule has 0 saturated carbocycles. The summed E-state index contributed by atoms with van der Waals surface area (Å²) in [5.74, 6) is -0.269. The van der Waals surface area contributed by atoms with Crippen LogP contribution in [0.5, 0.6) is 0 Å². The minimum absolute atomic E-state index is 0.00768. The van der Waals surface area contributed by atoms with Crippen molar-refractivity contribution in [3.8, 4) is 0 Å². The highest BCUT2D eigenvalue weighted by atomic mass is 16.5. The third kappa shape index (κ3) is 3.54. The summed E-state index contributed by atoms with van der Waals surface area (Å²) < 4.78 is 4.71. The number of ether oxygens (including phenoxy) is 1. The number of methoxy groups -OCH3 is 1. The Morgan fingerprint density at radius 1 is 1.29 bits per heavy atom. The van der Waals surface area contributed by atoms with Crippen LogP contribution in [0.15, 0.2) is 24.3 Å². The second-order valence-corrected chi connectivity index (χ2v) is 5.52. The number of esters is 1. The Hall–Kier alpha value is -2.04. The zero-order valence-electron chi connectivity index (χ0n) is 12.8. The molecule has 0 bridgehead atoms. The molecule has 1 saturated heterocycles. The van der Waals surface area contributed by atoms with Gasteiger partial charge >= 0.3 is 5.97 Å². The van der Waals surface area contributed by atoms with Gasteiger partial charge in [0, 0.05) is 37.9 Å². The molecular weight excluding hydrogens is 268 g/mol. The van der Waals surface area contributed by atoms with Crippen LogP contribution in [0.4, 0.5) is 5.69 Å². The van der Waals surface area contributed by atoms with Crippen LogP contribution in [-0.2, 0) is 9.53 Å². The lowest BCUT2D eigenvalue weighted by molar-refractivity contribution is -0.141. The number of carbonyl (C=O) groups excluding carboxylic acids is 2. The van der Waals surface area contributed by atoms with Gasteiger partial charge in [0.1, 0.15) is 0 Å².